The standard InChI is InChI=1S/C15H11N3O2S2/c1-2-6-18-14(19)12-10(11-4-3-7-20-11)9-22-13(12)17-15(18)21-8-5-16/h2-4,7,9H,1,6,8H2. The number of hydrogen-bond donors (Lipinski definition) is 0. The molecule has 3 heterocycles. The first kappa shape index (κ1) is 14.6. The van der Waals surface area contributed by atoms with Crippen LogP contribution in [0.1, 0.15) is 0 Å². The molecule has 110 valence electrons. The van der Waals surface area contributed by atoms with Crippen LogP contribution in [-0.4, -0.2) is 15.3 Å². The first-order chi connectivity index (χ1) is 10.8. The highest BCUT2D eigenvalue weighted by molar-refractivity contribution is 7.99. The van der Waals surface area contributed by atoms with E-state index < -0.39 is 0 Å². The van der Waals surface area contributed by atoms with E-state index >= 15 is 0 Å². The number of furan rings is 1. The first-order valence-electron chi connectivity index (χ1n) is 6.42. The van der Waals surface area contributed by atoms with Crippen LogP contribution in [-0.2, 0) is 6.54 Å². The number of hydrogen-bond acceptors (Lipinski definition) is 6. The third-order valence-electron chi connectivity index (χ3n) is 3.02. The lowest BCUT2D eigenvalue weighted by Crippen LogP contribution is -2.22. The van der Waals surface area contributed by atoms with E-state index in [1.54, 1.807) is 18.4 Å². The molecule has 0 aliphatic carbocycles. The van der Waals surface area contributed by atoms with Gasteiger partial charge in [0.2, 0.25) is 0 Å². The minimum Gasteiger partial charge on any atom is -0.464 e. The maximum atomic E-state index is 12.8. The summed E-state index contributed by atoms with van der Waals surface area (Å²) in [7, 11) is 0. The van der Waals surface area contributed by atoms with Crippen LogP contribution in [0.2, 0.25) is 0 Å². The molecule has 0 N–H and O–H groups in total. The maximum absolute atomic E-state index is 12.8. The molecule has 0 bridgehead atoms. The van der Waals surface area contributed by atoms with Crippen molar-refractivity contribution >= 4 is 33.3 Å². The summed E-state index contributed by atoms with van der Waals surface area (Å²) in [4.78, 5) is 18.0. The lowest BCUT2D eigenvalue weighted by Gasteiger charge is -2.08. The fraction of sp³-hybridized carbons (Fsp3) is 0.133. The molecule has 0 saturated carbocycles. The average Bonchev–Trinajstić information content (AvgIpc) is 3.17. The Balaban J connectivity index is 2.25. The summed E-state index contributed by atoms with van der Waals surface area (Å²) in [5.41, 5.74) is 0.607. The molecule has 3 rings (SSSR count). The summed E-state index contributed by atoms with van der Waals surface area (Å²) in [6.45, 7) is 4.03. The summed E-state index contributed by atoms with van der Waals surface area (Å²) in [6.07, 6.45) is 3.22. The number of nitriles is 1. The van der Waals surface area contributed by atoms with Crippen molar-refractivity contribution in [2.24, 2.45) is 0 Å². The van der Waals surface area contributed by atoms with E-state index in [9.17, 15) is 4.79 Å². The zero-order chi connectivity index (χ0) is 15.5. The first-order valence-corrected chi connectivity index (χ1v) is 8.29. The molecule has 7 heteroatoms. The number of thiophene rings is 1. The van der Waals surface area contributed by atoms with E-state index in [1.807, 2.05) is 11.4 Å². The molecule has 3 aromatic heterocycles. The summed E-state index contributed by atoms with van der Waals surface area (Å²) < 4.78 is 6.94. The molecule has 0 saturated heterocycles. The molecule has 0 amide bonds. The van der Waals surface area contributed by atoms with Crippen molar-refractivity contribution < 1.29 is 4.42 Å². The third kappa shape index (κ3) is 2.47. The smallest absolute Gasteiger partial charge is 0.263 e. The van der Waals surface area contributed by atoms with Gasteiger partial charge in [0, 0.05) is 17.5 Å². The van der Waals surface area contributed by atoms with Crippen molar-refractivity contribution in [3.8, 4) is 17.4 Å². The predicted octanol–water partition coefficient (Wildman–Crippen LogP) is 3.52. The van der Waals surface area contributed by atoms with Crippen LogP contribution in [0.3, 0.4) is 0 Å². The minimum atomic E-state index is -0.141. The molecule has 22 heavy (non-hydrogen) atoms. The number of rotatable bonds is 5. The summed E-state index contributed by atoms with van der Waals surface area (Å²) in [6, 6.07) is 5.65. The van der Waals surface area contributed by atoms with Crippen molar-refractivity contribution in [1.29, 1.82) is 5.26 Å². The monoisotopic (exact) mass is 329 g/mol. The van der Waals surface area contributed by atoms with Crippen LogP contribution in [0.15, 0.2) is 50.8 Å². The van der Waals surface area contributed by atoms with Crippen molar-refractivity contribution in [2.75, 3.05) is 5.75 Å². The van der Waals surface area contributed by atoms with Crippen LogP contribution in [0.25, 0.3) is 21.5 Å². The topological polar surface area (TPSA) is 71.8 Å². The van der Waals surface area contributed by atoms with Gasteiger partial charge >= 0.3 is 0 Å². The Labute approximate surface area is 134 Å². The fourth-order valence-electron chi connectivity index (χ4n) is 2.12. The fourth-order valence-corrected chi connectivity index (χ4v) is 3.75. The molecule has 0 aliphatic heterocycles. The molecular formula is C15H11N3O2S2. The van der Waals surface area contributed by atoms with Gasteiger partial charge < -0.3 is 4.42 Å². The number of allylic oxidation sites excluding steroid dienone is 1. The molecule has 0 atom stereocenters. The normalized spacial score (nSPS) is 10.7. The second-order valence-electron chi connectivity index (χ2n) is 4.35. The van der Waals surface area contributed by atoms with E-state index in [4.69, 9.17) is 9.68 Å². The summed E-state index contributed by atoms with van der Waals surface area (Å²) in [5, 5.41) is 11.7. The van der Waals surface area contributed by atoms with E-state index in [0.29, 0.717) is 27.7 Å². The highest BCUT2D eigenvalue weighted by atomic mass is 32.2. The SMILES string of the molecule is C=CCn1c(SCC#N)nc2scc(-c3ccco3)c2c1=O. The summed E-state index contributed by atoms with van der Waals surface area (Å²) >= 11 is 2.64. The van der Waals surface area contributed by atoms with Gasteiger partial charge in [-0.2, -0.15) is 5.26 Å². The number of nitrogens with zero attached hydrogens (tertiary/aromatic N) is 3. The maximum Gasteiger partial charge on any atom is 0.263 e. The van der Waals surface area contributed by atoms with Gasteiger partial charge in [-0.25, -0.2) is 4.98 Å². The van der Waals surface area contributed by atoms with E-state index in [-0.39, 0.29) is 11.3 Å². The zero-order valence-electron chi connectivity index (χ0n) is 11.5. The van der Waals surface area contributed by atoms with Gasteiger partial charge in [-0.1, -0.05) is 17.8 Å². The van der Waals surface area contributed by atoms with E-state index in [0.717, 1.165) is 5.56 Å². The quantitative estimate of drug-likeness (QED) is 0.407. The molecular weight excluding hydrogens is 318 g/mol. The molecule has 0 spiro atoms. The van der Waals surface area contributed by atoms with Gasteiger partial charge in [-0.15, -0.1) is 17.9 Å². The van der Waals surface area contributed by atoms with Crippen LogP contribution in [0.5, 0.6) is 0 Å². The van der Waals surface area contributed by atoms with Crippen molar-refractivity contribution in [3.05, 3.63) is 46.8 Å². The Morgan fingerprint density at radius 3 is 3.14 bits per heavy atom. The average molecular weight is 329 g/mol. The van der Waals surface area contributed by atoms with Gasteiger partial charge in [-0.3, -0.25) is 9.36 Å². The van der Waals surface area contributed by atoms with Crippen LogP contribution in [0, 0.1) is 11.3 Å². The Kier molecular flexibility index (Phi) is 4.13. The highest BCUT2D eigenvalue weighted by Gasteiger charge is 2.17. The van der Waals surface area contributed by atoms with Crippen LogP contribution >= 0.6 is 23.1 Å². The zero-order valence-corrected chi connectivity index (χ0v) is 13.1. The minimum absolute atomic E-state index is 0.141. The van der Waals surface area contributed by atoms with Crippen molar-refractivity contribution in [1.82, 2.24) is 9.55 Å². The predicted molar refractivity (Wildman–Crippen MR) is 88.1 cm³/mol. The molecule has 0 fully saturated rings. The Hall–Kier alpha value is -2.30. The number of aromatic nitrogens is 2. The van der Waals surface area contributed by atoms with Crippen molar-refractivity contribution in [2.45, 2.75) is 11.7 Å². The Morgan fingerprint density at radius 1 is 1.59 bits per heavy atom. The number of fused-ring (bicyclic) bond motifs is 1. The van der Waals surface area contributed by atoms with Crippen LogP contribution < -0.4 is 5.56 Å². The van der Waals surface area contributed by atoms with Crippen molar-refractivity contribution in [3.63, 3.8) is 0 Å². The second kappa shape index (κ2) is 6.22. The molecule has 0 aromatic carbocycles. The van der Waals surface area contributed by atoms with Gasteiger partial charge in [0.15, 0.2) is 5.16 Å². The number of thioether (sulfide) groups is 1. The van der Waals surface area contributed by atoms with E-state index in [1.165, 1.54) is 27.7 Å². The van der Waals surface area contributed by atoms with Gasteiger partial charge in [0.05, 0.1) is 23.5 Å². The Bertz CT molecular complexity index is 917. The highest BCUT2D eigenvalue weighted by Crippen LogP contribution is 2.32. The lowest BCUT2D eigenvalue weighted by atomic mass is 10.2. The summed E-state index contributed by atoms with van der Waals surface area (Å²) in [5.74, 6) is 0.888. The molecule has 0 aliphatic rings. The second-order valence-corrected chi connectivity index (χ2v) is 6.15. The molecule has 5 nitrogen and oxygen atoms in total. The third-order valence-corrected chi connectivity index (χ3v) is 4.74. The van der Waals surface area contributed by atoms with Gasteiger partial charge in [0.25, 0.3) is 5.56 Å². The van der Waals surface area contributed by atoms with E-state index in [2.05, 4.69) is 17.6 Å². The largest absolute Gasteiger partial charge is 0.464 e. The molecule has 3 aromatic rings. The van der Waals surface area contributed by atoms with Crippen LogP contribution in [0.4, 0.5) is 0 Å². The van der Waals surface area contributed by atoms with Gasteiger partial charge in [0.1, 0.15) is 10.6 Å². The molecule has 0 radical (unpaired) electrons. The molecule has 0 unspecified atom stereocenters. The lowest BCUT2D eigenvalue weighted by molar-refractivity contribution is 0.583. The Morgan fingerprint density at radius 2 is 2.45 bits per heavy atom. The van der Waals surface area contributed by atoms with Gasteiger partial charge in [-0.05, 0) is 12.1 Å².